The zero-order valence-corrected chi connectivity index (χ0v) is 24.6. The van der Waals surface area contributed by atoms with Crippen LogP contribution < -0.4 is 0 Å². The molecule has 1 spiro atoms. The number of hydrogen-bond acceptors (Lipinski definition) is 7. The maximum Gasteiger partial charge on any atom is 0.167 e. The molecule has 0 aromatic carbocycles. The van der Waals surface area contributed by atoms with Crippen LogP contribution in [0.2, 0.25) is 0 Å². The Morgan fingerprint density at radius 1 is 1.03 bits per heavy atom. The first-order chi connectivity index (χ1) is 15.6. The van der Waals surface area contributed by atoms with E-state index in [4.69, 9.17) is 9.74 Å². The normalized spacial score (nSPS) is 32.8. The fourth-order valence-corrected chi connectivity index (χ4v) is 12.3. The van der Waals surface area contributed by atoms with Gasteiger partial charge in [0.05, 0.1) is 11.6 Å². The monoisotopic (exact) mass is 500 g/mol. The van der Waals surface area contributed by atoms with Crippen LogP contribution in [0.25, 0.3) is 0 Å². The summed E-state index contributed by atoms with van der Waals surface area (Å²) in [6.07, 6.45) is 4.45. The Hall–Kier alpha value is -0.0700. The molecule has 0 N–H and O–H groups in total. The number of rotatable bonds is 7. The number of amidine groups is 1. The molecule has 3 unspecified atom stereocenters. The molecule has 2 saturated heterocycles. The lowest BCUT2D eigenvalue weighted by Crippen LogP contribution is -2.47. The van der Waals surface area contributed by atoms with Gasteiger partial charge in [0.25, 0.3) is 0 Å². The van der Waals surface area contributed by atoms with E-state index in [0.717, 1.165) is 58.5 Å². The third-order valence-electron chi connectivity index (χ3n) is 7.42. The topological polar surface area (TPSA) is 44.2 Å². The van der Waals surface area contributed by atoms with E-state index in [2.05, 4.69) is 90.8 Å². The van der Waals surface area contributed by atoms with Gasteiger partial charge in [-0.15, -0.1) is 0 Å². The van der Waals surface area contributed by atoms with Gasteiger partial charge in [0.1, 0.15) is 14.2 Å². The van der Waals surface area contributed by atoms with Crippen molar-refractivity contribution in [1.82, 2.24) is 28.0 Å². The molecule has 0 bridgehead atoms. The SMILES string of the molecule is CCN(CC)P1N(C)CCC(=NC(C)(C)CC2CCN(C)P3(=N2)N(C)CCCN3CC)N1C. The Morgan fingerprint density at radius 3 is 2.33 bits per heavy atom. The molecule has 3 aliphatic heterocycles. The summed E-state index contributed by atoms with van der Waals surface area (Å²) in [5, 5.41) is 0. The molecule has 0 amide bonds. The first kappa shape index (κ1) is 27.5. The summed E-state index contributed by atoms with van der Waals surface area (Å²) >= 11 is 0. The van der Waals surface area contributed by atoms with Crippen molar-refractivity contribution < 1.29 is 0 Å². The lowest BCUT2D eigenvalue weighted by atomic mass is 9.94. The first-order valence-corrected chi connectivity index (χ1v) is 15.8. The number of nitrogens with zero attached hydrogens (tertiary/aromatic N) is 8. The van der Waals surface area contributed by atoms with Crippen molar-refractivity contribution in [1.29, 1.82) is 0 Å². The second kappa shape index (κ2) is 11.3. The Balaban J connectivity index is 1.83. The van der Waals surface area contributed by atoms with Gasteiger partial charge in [-0.25, -0.2) is 14.0 Å². The fraction of sp³-hybridized carbons (Fsp3) is 0.957. The molecule has 3 rings (SSSR count). The van der Waals surface area contributed by atoms with Crippen LogP contribution in [-0.4, -0.2) is 119 Å². The van der Waals surface area contributed by atoms with Gasteiger partial charge >= 0.3 is 0 Å². The summed E-state index contributed by atoms with van der Waals surface area (Å²) in [5.74, 6) is 1.28. The zero-order valence-electron chi connectivity index (χ0n) is 22.8. The van der Waals surface area contributed by atoms with E-state index in [1.807, 2.05) is 0 Å². The molecule has 0 aliphatic carbocycles. The van der Waals surface area contributed by atoms with Gasteiger partial charge < -0.3 is 4.67 Å². The third-order valence-corrected chi connectivity index (χ3v) is 14.2. The molecule has 2 fully saturated rings. The van der Waals surface area contributed by atoms with Crippen LogP contribution in [0, 0.1) is 0 Å². The number of aliphatic imine (C=N–C) groups is 1. The average molecular weight is 501 g/mol. The van der Waals surface area contributed by atoms with E-state index < -0.39 is 15.9 Å². The summed E-state index contributed by atoms with van der Waals surface area (Å²) in [6, 6.07) is 0.379. The van der Waals surface area contributed by atoms with Gasteiger partial charge in [-0.2, -0.15) is 0 Å². The van der Waals surface area contributed by atoms with E-state index in [-0.39, 0.29) is 5.54 Å². The first-order valence-electron chi connectivity index (χ1n) is 13.0. The van der Waals surface area contributed by atoms with Crippen LogP contribution in [-0.2, 0) is 0 Å². The highest BCUT2D eigenvalue weighted by molar-refractivity contribution is 7.59. The Kier molecular flexibility index (Phi) is 9.44. The Bertz CT molecular complexity index is 738. The molecule has 3 aliphatic rings. The lowest BCUT2D eigenvalue weighted by Gasteiger charge is -2.52. The molecule has 0 radical (unpaired) electrons. The molecule has 33 heavy (non-hydrogen) atoms. The van der Waals surface area contributed by atoms with E-state index >= 15 is 0 Å². The summed E-state index contributed by atoms with van der Waals surface area (Å²) < 4.78 is 21.1. The van der Waals surface area contributed by atoms with Gasteiger partial charge in [0.2, 0.25) is 0 Å². The minimum Gasteiger partial charge on any atom is -0.317 e. The van der Waals surface area contributed by atoms with E-state index in [1.165, 1.54) is 18.8 Å². The van der Waals surface area contributed by atoms with Crippen molar-refractivity contribution in [2.24, 2.45) is 9.74 Å². The van der Waals surface area contributed by atoms with Crippen molar-refractivity contribution >= 4 is 21.7 Å². The predicted octanol–water partition coefficient (Wildman–Crippen LogP) is 4.70. The van der Waals surface area contributed by atoms with E-state index in [9.17, 15) is 0 Å². The highest BCUT2D eigenvalue weighted by atomic mass is 31.2. The van der Waals surface area contributed by atoms with Crippen LogP contribution in [0.4, 0.5) is 0 Å². The largest absolute Gasteiger partial charge is 0.317 e. The molecule has 3 heterocycles. The predicted molar refractivity (Wildman–Crippen MR) is 146 cm³/mol. The summed E-state index contributed by atoms with van der Waals surface area (Å²) in [5.41, 5.74) is -0.108. The molecule has 10 heteroatoms. The Morgan fingerprint density at radius 2 is 1.70 bits per heavy atom. The van der Waals surface area contributed by atoms with Gasteiger partial charge in [-0.1, -0.05) is 20.8 Å². The molecule has 8 nitrogen and oxygen atoms in total. The van der Waals surface area contributed by atoms with Gasteiger partial charge in [-0.05, 0) is 54.3 Å². The summed E-state index contributed by atoms with van der Waals surface area (Å²) in [6.45, 7) is 19.3. The van der Waals surface area contributed by atoms with Gasteiger partial charge in [-0.3, -0.25) is 19.1 Å². The maximum absolute atomic E-state index is 5.66. The van der Waals surface area contributed by atoms with Crippen LogP contribution in [0.1, 0.15) is 60.3 Å². The molecule has 192 valence electrons. The van der Waals surface area contributed by atoms with Crippen molar-refractivity contribution in [2.45, 2.75) is 71.9 Å². The van der Waals surface area contributed by atoms with E-state index in [1.54, 1.807) is 0 Å². The quantitative estimate of drug-likeness (QED) is 0.473. The second-order valence-electron chi connectivity index (χ2n) is 10.4. The Labute approximate surface area is 205 Å². The van der Waals surface area contributed by atoms with Crippen LogP contribution in [0.15, 0.2) is 9.74 Å². The molecule has 0 aromatic heterocycles. The minimum absolute atomic E-state index is 0.108. The standard InChI is InChI=1S/C23H50N8P2/c1-10-30(11-2)32-26(6)18-15-22(29(32)9)24-23(4,5)20-21-14-19-28(8)33(25-21)27(7)16-13-17-31(33)12-3/h21H,10-20H2,1-9H3. The van der Waals surface area contributed by atoms with Crippen LogP contribution >= 0.6 is 15.9 Å². The van der Waals surface area contributed by atoms with Crippen molar-refractivity contribution in [3.63, 3.8) is 0 Å². The lowest BCUT2D eigenvalue weighted by molar-refractivity contribution is 0.277. The van der Waals surface area contributed by atoms with Crippen molar-refractivity contribution in [3.05, 3.63) is 0 Å². The maximum atomic E-state index is 5.66. The van der Waals surface area contributed by atoms with E-state index in [0.29, 0.717) is 6.04 Å². The molecule has 0 aromatic rings. The highest BCUT2D eigenvalue weighted by Crippen LogP contribution is 2.62. The number of hydrogen-bond donors (Lipinski definition) is 0. The fourth-order valence-electron chi connectivity index (χ4n) is 5.76. The van der Waals surface area contributed by atoms with Gasteiger partial charge in [0.15, 0.2) is 7.51 Å². The van der Waals surface area contributed by atoms with Gasteiger partial charge in [0, 0.05) is 59.3 Å². The third kappa shape index (κ3) is 5.69. The van der Waals surface area contributed by atoms with Crippen molar-refractivity contribution in [2.75, 3.05) is 74.0 Å². The summed E-state index contributed by atoms with van der Waals surface area (Å²) in [4.78, 5) is 5.41. The van der Waals surface area contributed by atoms with Crippen LogP contribution in [0.5, 0.6) is 0 Å². The molecular formula is C23H50N8P2. The zero-order chi connectivity index (χ0) is 24.4. The smallest absolute Gasteiger partial charge is 0.167 e. The second-order valence-corrected chi connectivity index (χ2v) is 16.0. The minimum atomic E-state index is -1.76. The summed E-state index contributed by atoms with van der Waals surface area (Å²) in [7, 11) is 6.89. The molecule has 3 atom stereocenters. The molecule has 0 saturated carbocycles. The highest BCUT2D eigenvalue weighted by Gasteiger charge is 2.42. The van der Waals surface area contributed by atoms with Crippen molar-refractivity contribution in [3.8, 4) is 0 Å². The molecular weight excluding hydrogens is 450 g/mol. The van der Waals surface area contributed by atoms with Crippen LogP contribution in [0.3, 0.4) is 0 Å². The average Bonchev–Trinajstić information content (AvgIpc) is 2.77.